The molecule has 0 amide bonds. The largest absolute Gasteiger partial charge is 0.463 e. The van der Waals surface area contributed by atoms with E-state index < -0.39 is 0 Å². The molecule has 7 heteroatoms. The van der Waals surface area contributed by atoms with Crippen LogP contribution in [0.15, 0.2) is 0 Å². The second-order valence-electron chi connectivity index (χ2n) is 5.67. The maximum atomic E-state index is 5.46. The van der Waals surface area contributed by atoms with E-state index in [1.54, 1.807) is 0 Å². The Balaban J connectivity index is 2.04. The molecule has 0 unspecified atom stereocenters. The summed E-state index contributed by atoms with van der Waals surface area (Å²) >= 11 is 0. The van der Waals surface area contributed by atoms with Crippen LogP contribution in [0.3, 0.4) is 0 Å². The van der Waals surface area contributed by atoms with Gasteiger partial charge in [0, 0.05) is 6.54 Å². The lowest BCUT2D eigenvalue weighted by Gasteiger charge is -2.27. The second-order valence-corrected chi connectivity index (χ2v) is 5.67. The first kappa shape index (κ1) is 15.8. The molecule has 118 valence electrons. The summed E-state index contributed by atoms with van der Waals surface area (Å²) < 4.78 is 5.46. The van der Waals surface area contributed by atoms with Gasteiger partial charge in [-0.25, -0.2) is 5.84 Å². The number of nitrogens with two attached hydrogens (primary N) is 1. The fraction of sp³-hybridized carbons (Fsp3) is 0.786. The number of aromatic nitrogens is 3. The van der Waals surface area contributed by atoms with Gasteiger partial charge in [0.1, 0.15) is 0 Å². The van der Waals surface area contributed by atoms with E-state index in [1.165, 1.54) is 32.1 Å². The van der Waals surface area contributed by atoms with Crippen molar-refractivity contribution in [2.75, 3.05) is 23.9 Å². The highest BCUT2D eigenvalue weighted by atomic mass is 16.5. The van der Waals surface area contributed by atoms with Gasteiger partial charge in [-0.2, -0.15) is 15.0 Å². The molecule has 7 nitrogen and oxygen atoms in total. The quantitative estimate of drug-likeness (QED) is 0.500. The first-order valence-electron chi connectivity index (χ1n) is 7.81. The SMILES string of the molecule is CCCOc1nc(NN)nc(NCC2(CC)CCCC2)n1. The molecule has 0 radical (unpaired) electrons. The lowest BCUT2D eigenvalue weighted by atomic mass is 9.83. The van der Waals surface area contributed by atoms with Crippen molar-refractivity contribution in [2.24, 2.45) is 11.3 Å². The summed E-state index contributed by atoms with van der Waals surface area (Å²) in [7, 11) is 0. The van der Waals surface area contributed by atoms with E-state index in [0.29, 0.717) is 29.9 Å². The van der Waals surface area contributed by atoms with E-state index in [-0.39, 0.29) is 0 Å². The molecule has 1 aliphatic rings. The Morgan fingerprint density at radius 2 is 1.86 bits per heavy atom. The van der Waals surface area contributed by atoms with Crippen molar-refractivity contribution in [1.29, 1.82) is 0 Å². The van der Waals surface area contributed by atoms with Gasteiger partial charge in [-0.15, -0.1) is 0 Å². The van der Waals surface area contributed by atoms with Crippen LogP contribution in [-0.4, -0.2) is 28.1 Å². The molecule has 0 bridgehead atoms. The van der Waals surface area contributed by atoms with E-state index in [1.807, 2.05) is 6.92 Å². The topological polar surface area (TPSA) is 98.0 Å². The first-order valence-corrected chi connectivity index (χ1v) is 7.81. The van der Waals surface area contributed by atoms with Crippen molar-refractivity contribution >= 4 is 11.9 Å². The average Bonchev–Trinajstić information content (AvgIpc) is 3.00. The van der Waals surface area contributed by atoms with Gasteiger partial charge < -0.3 is 10.1 Å². The number of hydrogen-bond donors (Lipinski definition) is 3. The minimum Gasteiger partial charge on any atom is -0.463 e. The van der Waals surface area contributed by atoms with Gasteiger partial charge in [0.15, 0.2) is 0 Å². The predicted molar refractivity (Wildman–Crippen MR) is 83.1 cm³/mol. The minimum atomic E-state index is 0.305. The zero-order chi connectivity index (χ0) is 15.1. The number of rotatable bonds is 8. The third kappa shape index (κ3) is 4.17. The van der Waals surface area contributed by atoms with Gasteiger partial charge in [0.05, 0.1) is 6.61 Å². The maximum absolute atomic E-state index is 5.46. The Bertz CT molecular complexity index is 447. The van der Waals surface area contributed by atoms with Crippen molar-refractivity contribution in [3.05, 3.63) is 0 Å². The van der Waals surface area contributed by atoms with Crippen LogP contribution in [0.25, 0.3) is 0 Å². The van der Waals surface area contributed by atoms with Crippen LogP contribution in [0, 0.1) is 5.41 Å². The van der Waals surface area contributed by atoms with Crippen LogP contribution in [0.4, 0.5) is 11.9 Å². The molecule has 2 rings (SSSR count). The molecule has 1 fully saturated rings. The number of hydrogen-bond acceptors (Lipinski definition) is 7. The number of nitrogen functional groups attached to an aromatic ring is 1. The fourth-order valence-electron chi connectivity index (χ4n) is 2.80. The molecular formula is C14H26N6O. The second kappa shape index (κ2) is 7.40. The Morgan fingerprint density at radius 1 is 1.14 bits per heavy atom. The van der Waals surface area contributed by atoms with Gasteiger partial charge >= 0.3 is 6.01 Å². The van der Waals surface area contributed by atoms with Crippen molar-refractivity contribution in [2.45, 2.75) is 52.4 Å². The van der Waals surface area contributed by atoms with E-state index in [0.717, 1.165) is 13.0 Å². The summed E-state index contributed by atoms with van der Waals surface area (Å²) in [5, 5.41) is 3.33. The van der Waals surface area contributed by atoms with Crippen molar-refractivity contribution in [1.82, 2.24) is 15.0 Å². The molecule has 0 spiro atoms. The van der Waals surface area contributed by atoms with Gasteiger partial charge in [0.2, 0.25) is 11.9 Å². The zero-order valence-corrected chi connectivity index (χ0v) is 13.0. The van der Waals surface area contributed by atoms with Crippen LogP contribution in [-0.2, 0) is 0 Å². The lowest BCUT2D eigenvalue weighted by molar-refractivity contribution is 0.290. The molecule has 0 atom stereocenters. The Labute approximate surface area is 126 Å². The summed E-state index contributed by atoms with van der Waals surface area (Å²) in [6, 6.07) is 0.305. The summed E-state index contributed by atoms with van der Waals surface area (Å²) in [6.07, 6.45) is 7.23. The normalized spacial score (nSPS) is 16.7. The molecule has 1 saturated carbocycles. The van der Waals surface area contributed by atoms with Crippen LogP contribution in [0.2, 0.25) is 0 Å². The van der Waals surface area contributed by atoms with Gasteiger partial charge in [-0.05, 0) is 31.1 Å². The fourth-order valence-corrected chi connectivity index (χ4v) is 2.80. The van der Waals surface area contributed by atoms with E-state index in [9.17, 15) is 0 Å². The Kier molecular flexibility index (Phi) is 5.55. The van der Waals surface area contributed by atoms with Gasteiger partial charge in [-0.1, -0.05) is 26.7 Å². The number of nitrogens with one attached hydrogen (secondary N) is 2. The summed E-state index contributed by atoms with van der Waals surface area (Å²) in [5.74, 6) is 6.23. The lowest BCUT2D eigenvalue weighted by Crippen LogP contribution is -2.27. The molecule has 0 aromatic carbocycles. The third-order valence-electron chi connectivity index (χ3n) is 4.21. The smallest absolute Gasteiger partial charge is 0.323 e. The molecule has 0 aliphatic heterocycles. The van der Waals surface area contributed by atoms with Gasteiger partial charge in [-0.3, -0.25) is 5.43 Å². The maximum Gasteiger partial charge on any atom is 0.323 e. The molecule has 1 aromatic heterocycles. The predicted octanol–water partition coefficient (Wildman–Crippen LogP) is 2.33. The standard InChI is InChI=1S/C14H26N6O/c1-3-9-21-13-18-11(17-12(19-13)20-15)16-10-14(4-2)7-5-6-8-14/h3-10,15H2,1-2H3,(H2,16,17,18,19,20). The van der Waals surface area contributed by atoms with Crippen LogP contribution < -0.4 is 21.3 Å². The molecule has 1 aromatic rings. The highest BCUT2D eigenvalue weighted by Crippen LogP contribution is 2.40. The van der Waals surface area contributed by atoms with E-state index in [4.69, 9.17) is 10.6 Å². The van der Waals surface area contributed by atoms with Crippen molar-refractivity contribution in [3.63, 3.8) is 0 Å². The zero-order valence-electron chi connectivity index (χ0n) is 13.0. The summed E-state index contributed by atoms with van der Waals surface area (Å²) in [5.41, 5.74) is 2.82. The van der Waals surface area contributed by atoms with Gasteiger partial charge in [0.25, 0.3) is 0 Å². The molecule has 21 heavy (non-hydrogen) atoms. The highest BCUT2D eigenvalue weighted by Gasteiger charge is 2.31. The average molecular weight is 294 g/mol. The third-order valence-corrected chi connectivity index (χ3v) is 4.21. The number of hydrazine groups is 1. The summed E-state index contributed by atoms with van der Waals surface area (Å²) in [6.45, 7) is 5.74. The van der Waals surface area contributed by atoms with Crippen LogP contribution >= 0.6 is 0 Å². The number of anilines is 2. The number of ether oxygens (including phenoxy) is 1. The first-order chi connectivity index (χ1) is 10.2. The van der Waals surface area contributed by atoms with E-state index >= 15 is 0 Å². The van der Waals surface area contributed by atoms with Crippen molar-refractivity contribution in [3.8, 4) is 6.01 Å². The van der Waals surface area contributed by atoms with Crippen molar-refractivity contribution < 1.29 is 4.74 Å². The molecule has 4 N–H and O–H groups in total. The molecule has 0 saturated heterocycles. The monoisotopic (exact) mass is 294 g/mol. The summed E-state index contributed by atoms with van der Waals surface area (Å²) in [4.78, 5) is 12.6. The van der Waals surface area contributed by atoms with E-state index in [2.05, 4.69) is 32.6 Å². The molecular weight excluding hydrogens is 268 g/mol. The Morgan fingerprint density at radius 3 is 2.48 bits per heavy atom. The molecule has 1 aliphatic carbocycles. The Hall–Kier alpha value is -1.63. The minimum absolute atomic E-state index is 0.305. The van der Waals surface area contributed by atoms with Crippen LogP contribution in [0.1, 0.15) is 52.4 Å². The highest BCUT2D eigenvalue weighted by molar-refractivity contribution is 5.35. The van der Waals surface area contributed by atoms with Crippen LogP contribution in [0.5, 0.6) is 6.01 Å². The number of nitrogens with zero attached hydrogens (tertiary/aromatic N) is 3. The molecule has 1 heterocycles.